The number of fused-ring (bicyclic) bond motifs is 3. The number of para-hydroxylation sites is 2. The van der Waals surface area contributed by atoms with Gasteiger partial charge in [0, 0.05) is 23.2 Å². The number of hydrogen-bond donors (Lipinski definition) is 0. The Kier molecular flexibility index (Phi) is 4.89. The van der Waals surface area contributed by atoms with Crippen molar-refractivity contribution < 1.29 is 13.5 Å². The van der Waals surface area contributed by atoms with Crippen LogP contribution in [0.5, 0.6) is 5.75 Å². The van der Waals surface area contributed by atoms with Gasteiger partial charge in [-0.1, -0.05) is 48.2 Å². The van der Waals surface area contributed by atoms with Gasteiger partial charge in [0.05, 0.1) is 5.52 Å². The number of halogens is 2. The van der Waals surface area contributed by atoms with Gasteiger partial charge in [0.15, 0.2) is 5.65 Å². The molecule has 0 bridgehead atoms. The molecule has 8 heteroatoms. The van der Waals surface area contributed by atoms with E-state index in [1.807, 2.05) is 24.3 Å². The first-order chi connectivity index (χ1) is 13.2. The van der Waals surface area contributed by atoms with Crippen LogP contribution >= 0.6 is 11.8 Å². The molecule has 2 aromatic heterocycles. The van der Waals surface area contributed by atoms with Crippen molar-refractivity contribution in [2.24, 2.45) is 0 Å². The summed E-state index contributed by atoms with van der Waals surface area (Å²) in [6.07, 6.45) is 0. The Morgan fingerprint density at radius 2 is 1.85 bits per heavy atom. The van der Waals surface area contributed by atoms with Gasteiger partial charge in [0.1, 0.15) is 11.3 Å². The van der Waals surface area contributed by atoms with Crippen LogP contribution < -0.4 is 4.74 Å². The van der Waals surface area contributed by atoms with E-state index >= 15 is 0 Å². The second-order valence-corrected chi connectivity index (χ2v) is 6.75. The van der Waals surface area contributed by atoms with Crippen molar-refractivity contribution in [2.75, 3.05) is 0 Å². The van der Waals surface area contributed by atoms with Crippen LogP contribution in [-0.2, 0) is 12.3 Å². The quantitative estimate of drug-likeness (QED) is 0.442. The lowest BCUT2D eigenvalue weighted by atomic mass is 10.2. The number of rotatable bonds is 6. The van der Waals surface area contributed by atoms with Crippen molar-refractivity contribution >= 4 is 33.8 Å². The summed E-state index contributed by atoms with van der Waals surface area (Å²) < 4.78 is 31.8. The zero-order valence-corrected chi connectivity index (χ0v) is 15.3. The minimum atomic E-state index is -2.86. The summed E-state index contributed by atoms with van der Waals surface area (Å²) in [6.45, 7) is -0.0398. The third-order valence-corrected chi connectivity index (χ3v) is 5.10. The molecular formula is C19H16F2N4OS. The Bertz CT molecular complexity index is 1100. The highest BCUT2D eigenvalue weighted by Gasteiger charge is 2.15. The smallest absolute Gasteiger partial charge is 0.387 e. The van der Waals surface area contributed by atoms with Crippen LogP contribution in [0.1, 0.15) is 12.5 Å². The summed E-state index contributed by atoms with van der Waals surface area (Å²) in [6, 6.07) is 14.7. The third-order valence-electron chi connectivity index (χ3n) is 4.22. The molecule has 0 spiro atoms. The largest absolute Gasteiger partial charge is 0.435 e. The van der Waals surface area contributed by atoms with E-state index in [9.17, 15) is 8.78 Å². The monoisotopic (exact) mass is 386 g/mol. The van der Waals surface area contributed by atoms with E-state index in [-0.39, 0.29) is 5.75 Å². The summed E-state index contributed by atoms with van der Waals surface area (Å²) >= 11 is 1.34. The fourth-order valence-electron chi connectivity index (χ4n) is 3.05. The summed E-state index contributed by atoms with van der Waals surface area (Å²) in [5.41, 5.74) is 3.25. The molecular weight excluding hydrogens is 370 g/mol. The number of aryl methyl sites for hydroxylation is 1. The van der Waals surface area contributed by atoms with Gasteiger partial charge < -0.3 is 9.30 Å². The van der Waals surface area contributed by atoms with Gasteiger partial charge >= 0.3 is 6.61 Å². The van der Waals surface area contributed by atoms with Gasteiger partial charge in [-0.25, -0.2) is 4.98 Å². The average Bonchev–Trinajstić information content (AvgIpc) is 3.00. The first-order valence-corrected chi connectivity index (χ1v) is 9.43. The molecule has 0 aliphatic rings. The van der Waals surface area contributed by atoms with E-state index in [2.05, 4.69) is 31.4 Å². The lowest BCUT2D eigenvalue weighted by molar-refractivity contribution is -0.0503. The summed E-state index contributed by atoms with van der Waals surface area (Å²) in [5, 5.41) is 10.1. The molecule has 0 unspecified atom stereocenters. The molecule has 4 rings (SSSR count). The van der Waals surface area contributed by atoms with Crippen LogP contribution in [-0.4, -0.2) is 26.4 Å². The van der Waals surface area contributed by atoms with Crippen molar-refractivity contribution in [3.63, 3.8) is 0 Å². The van der Waals surface area contributed by atoms with Crippen molar-refractivity contribution in [1.29, 1.82) is 0 Å². The van der Waals surface area contributed by atoms with Gasteiger partial charge in [-0.2, -0.15) is 8.78 Å². The number of hydrogen-bond acceptors (Lipinski definition) is 5. The summed E-state index contributed by atoms with van der Waals surface area (Å²) in [4.78, 5) is 4.65. The zero-order chi connectivity index (χ0) is 18.8. The number of ether oxygens (including phenoxy) is 1. The molecule has 0 saturated carbocycles. The fourth-order valence-corrected chi connectivity index (χ4v) is 3.82. The fraction of sp³-hybridized carbons (Fsp3) is 0.211. The Hall–Kier alpha value is -2.74. The van der Waals surface area contributed by atoms with Gasteiger partial charge in [-0.05, 0) is 19.1 Å². The Labute approximate surface area is 158 Å². The normalized spacial score (nSPS) is 11.6. The highest BCUT2D eigenvalue weighted by atomic mass is 32.2. The van der Waals surface area contributed by atoms with Crippen LogP contribution in [0, 0.1) is 0 Å². The van der Waals surface area contributed by atoms with Gasteiger partial charge in [0.2, 0.25) is 5.16 Å². The average molecular weight is 386 g/mol. The first-order valence-electron chi connectivity index (χ1n) is 8.44. The van der Waals surface area contributed by atoms with E-state index < -0.39 is 6.61 Å². The Morgan fingerprint density at radius 1 is 1.07 bits per heavy atom. The van der Waals surface area contributed by atoms with Crippen LogP contribution in [0.3, 0.4) is 0 Å². The molecule has 27 heavy (non-hydrogen) atoms. The second-order valence-electron chi connectivity index (χ2n) is 5.80. The second kappa shape index (κ2) is 7.48. The van der Waals surface area contributed by atoms with Crippen molar-refractivity contribution in [2.45, 2.75) is 31.0 Å². The number of thioether (sulfide) groups is 1. The van der Waals surface area contributed by atoms with E-state index in [4.69, 9.17) is 0 Å². The van der Waals surface area contributed by atoms with Crippen molar-refractivity contribution in [3.8, 4) is 5.75 Å². The molecule has 2 aromatic carbocycles. The lowest BCUT2D eigenvalue weighted by Crippen LogP contribution is -2.04. The predicted octanol–water partition coefficient (Wildman–Crippen LogP) is 4.89. The lowest BCUT2D eigenvalue weighted by Gasteiger charge is -2.09. The van der Waals surface area contributed by atoms with Gasteiger partial charge in [-0.15, -0.1) is 10.2 Å². The number of benzene rings is 2. The molecule has 138 valence electrons. The summed E-state index contributed by atoms with van der Waals surface area (Å²) in [5.74, 6) is 0.569. The Balaban J connectivity index is 1.65. The third kappa shape index (κ3) is 3.44. The van der Waals surface area contributed by atoms with Gasteiger partial charge in [-0.3, -0.25) is 0 Å². The number of alkyl halides is 2. The maximum atomic E-state index is 12.6. The zero-order valence-electron chi connectivity index (χ0n) is 14.5. The molecule has 0 fully saturated rings. The van der Waals surface area contributed by atoms with Crippen LogP contribution in [0.2, 0.25) is 0 Å². The SMILES string of the molecule is CCn1c2ccccc2c2nnc(SCc3ccccc3OC(F)F)nc21. The molecule has 0 atom stereocenters. The highest BCUT2D eigenvalue weighted by molar-refractivity contribution is 7.98. The summed E-state index contributed by atoms with van der Waals surface area (Å²) in [7, 11) is 0. The molecule has 0 N–H and O–H groups in total. The molecule has 0 aliphatic carbocycles. The van der Waals surface area contributed by atoms with Gasteiger partial charge in [0.25, 0.3) is 0 Å². The standard InChI is InChI=1S/C19H16F2N4OS/c1-2-25-14-9-5-4-8-13(14)16-17(25)22-19(24-23-16)27-11-12-7-3-6-10-15(12)26-18(20)21/h3-10,18H,2,11H2,1H3. The molecule has 2 heterocycles. The molecule has 0 radical (unpaired) electrons. The topological polar surface area (TPSA) is 52.8 Å². The van der Waals surface area contributed by atoms with Crippen molar-refractivity contribution in [1.82, 2.24) is 19.7 Å². The van der Waals surface area contributed by atoms with E-state index in [0.29, 0.717) is 16.5 Å². The first kappa shape index (κ1) is 17.7. The van der Waals surface area contributed by atoms with Crippen LogP contribution in [0.25, 0.3) is 22.1 Å². The molecule has 0 aliphatic heterocycles. The highest BCUT2D eigenvalue weighted by Crippen LogP contribution is 2.30. The minimum absolute atomic E-state index is 0.164. The Morgan fingerprint density at radius 3 is 2.67 bits per heavy atom. The van der Waals surface area contributed by atoms with E-state index in [1.165, 1.54) is 17.8 Å². The van der Waals surface area contributed by atoms with Crippen LogP contribution in [0.4, 0.5) is 8.78 Å². The van der Waals surface area contributed by atoms with Crippen molar-refractivity contribution in [3.05, 3.63) is 54.1 Å². The number of nitrogens with zero attached hydrogens (tertiary/aromatic N) is 4. The molecule has 0 saturated heterocycles. The molecule has 0 amide bonds. The van der Waals surface area contributed by atoms with E-state index in [1.54, 1.807) is 18.2 Å². The molecule has 4 aromatic rings. The molecule has 5 nitrogen and oxygen atoms in total. The van der Waals surface area contributed by atoms with Crippen LogP contribution in [0.15, 0.2) is 53.7 Å². The maximum absolute atomic E-state index is 12.6. The predicted molar refractivity (Wildman–Crippen MR) is 101 cm³/mol. The minimum Gasteiger partial charge on any atom is -0.435 e. The van der Waals surface area contributed by atoms with E-state index in [0.717, 1.165) is 28.6 Å². The maximum Gasteiger partial charge on any atom is 0.387 e. The number of aromatic nitrogens is 4.